The lowest BCUT2D eigenvalue weighted by molar-refractivity contribution is -0.274. The highest BCUT2D eigenvalue weighted by atomic mass is 19.4. The van der Waals surface area contributed by atoms with Crippen LogP contribution < -0.4 is 14.8 Å². The molecule has 0 saturated heterocycles. The zero-order valence-electron chi connectivity index (χ0n) is 20.2. The first-order valence-corrected chi connectivity index (χ1v) is 11.3. The van der Waals surface area contributed by atoms with E-state index in [9.17, 15) is 18.0 Å². The van der Waals surface area contributed by atoms with Crippen LogP contribution in [0.25, 0.3) is 11.0 Å². The van der Waals surface area contributed by atoms with E-state index in [1.54, 1.807) is 12.1 Å². The van der Waals surface area contributed by atoms with Crippen molar-refractivity contribution in [3.8, 4) is 11.5 Å². The number of nitrogens with one attached hydrogen (secondary N) is 2. The standard InChI is InChI=1S/C17H14F3N3O4.C8H16/c1-25-14-8-13-12(7-11(14)15(24)26-2)22-16(23-13)21-9-3-5-10(6-4-9)27-17(18,19)20;1-8(2)6-4-3-5-7-8/h3-8H,1-2H3,(H2,21,22,23);3-7H2,1-2H3. The molecule has 0 spiro atoms. The van der Waals surface area contributed by atoms with Gasteiger partial charge < -0.3 is 24.5 Å². The summed E-state index contributed by atoms with van der Waals surface area (Å²) in [6, 6.07) is 8.29. The Morgan fingerprint density at radius 1 is 1.06 bits per heavy atom. The van der Waals surface area contributed by atoms with Crippen LogP contribution in [0.3, 0.4) is 0 Å². The third-order valence-corrected chi connectivity index (χ3v) is 5.77. The first-order chi connectivity index (χ1) is 16.5. The third kappa shape index (κ3) is 7.53. The molecule has 1 aliphatic carbocycles. The van der Waals surface area contributed by atoms with Crippen LogP contribution in [-0.4, -0.2) is 36.5 Å². The number of carbonyl (C=O) groups is 1. The van der Waals surface area contributed by atoms with Crippen LogP contribution >= 0.6 is 0 Å². The molecule has 3 aromatic rings. The number of hydrogen-bond acceptors (Lipinski definition) is 6. The van der Waals surface area contributed by atoms with Crippen LogP contribution in [0.5, 0.6) is 11.5 Å². The van der Waals surface area contributed by atoms with E-state index in [0.29, 0.717) is 33.8 Å². The van der Waals surface area contributed by atoms with Gasteiger partial charge in [-0.15, -0.1) is 13.2 Å². The number of ether oxygens (including phenoxy) is 3. The first kappa shape index (κ1) is 26.2. The fourth-order valence-corrected chi connectivity index (χ4v) is 3.92. The van der Waals surface area contributed by atoms with Crippen molar-refractivity contribution in [1.82, 2.24) is 9.97 Å². The van der Waals surface area contributed by atoms with Gasteiger partial charge in [-0.25, -0.2) is 9.78 Å². The number of H-pyrrole nitrogens is 1. The highest BCUT2D eigenvalue weighted by molar-refractivity contribution is 5.97. The average molecular weight is 494 g/mol. The van der Waals surface area contributed by atoms with Crippen molar-refractivity contribution in [3.63, 3.8) is 0 Å². The lowest BCUT2D eigenvalue weighted by Gasteiger charge is -2.28. The lowest BCUT2D eigenvalue weighted by atomic mass is 9.78. The van der Waals surface area contributed by atoms with E-state index in [1.165, 1.54) is 70.6 Å². The predicted octanol–water partition coefficient (Wildman–Crippen LogP) is 6.98. The minimum Gasteiger partial charge on any atom is -0.496 e. The monoisotopic (exact) mass is 493 g/mol. The molecular weight excluding hydrogens is 463 g/mol. The summed E-state index contributed by atoms with van der Waals surface area (Å²) >= 11 is 0. The normalized spacial score (nSPS) is 15.1. The van der Waals surface area contributed by atoms with Crippen LogP contribution in [0.15, 0.2) is 36.4 Å². The number of imidazole rings is 1. The number of alkyl halides is 3. The smallest absolute Gasteiger partial charge is 0.496 e. The van der Waals surface area contributed by atoms with Crippen molar-refractivity contribution in [3.05, 3.63) is 42.0 Å². The fraction of sp³-hybridized carbons (Fsp3) is 0.440. The maximum Gasteiger partial charge on any atom is 0.573 e. The van der Waals surface area contributed by atoms with Crippen molar-refractivity contribution in [1.29, 1.82) is 0 Å². The predicted molar refractivity (Wildman–Crippen MR) is 127 cm³/mol. The number of aromatic nitrogens is 2. The molecule has 1 aromatic heterocycles. The highest BCUT2D eigenvalue weighted by Crippen LogP contribution is 2.34. The Morgan fingerprint density at radius 3 is 2.23 bits per heavy atom. The van der Waals surface area contributed by atoms with Gasteiger partial charge in [0.1, 0.15) is 17.1 Å². The van der Waals surface area contributed by atoms with Crippen molar-refractivity contribution in [2.45, 2.75) is 52.3 Å². The highest BCUT2D eigenvalue weighted by Gasteiger charge is 2.31. The van der Waals surface area contributed by atoms with Crippen LogP contribution in [0, 0.1) is 5.41 Å². The molecule has 10 heteroatoms. The van der Waals surface area contributed by atoms with Crippen molar-refractivity contribution >= 4 is 28.6 Å². The van der Waals surface area contributed by atoms with Crippen molar-refractivity contribution in [2.75, 3.05) is 19.5 Å². The SMILES string of the molecule is CC1(C)CCCCC1.COC(=O)c1cc2[nH]c(Nc3ccc(OC(F)(F)F)cc3)nc2cc1OC. The van der Waals surface area contributed by atoms with Crippen molar-refractivity contribution in [2.24, 2.45) is 5.41 Å². The molecule has 0 bridgehead atoms. The molecule has 0 aliphatic heterocycles. The van der Waals surface area contributed by atoms with Crippen LogP contribution in [-0.2, 0) is 4.74 Å². The number of anilines is 2. The minimum absolute atomic E-state index is 0.233. The van der Waals surface area contributed by atoms with Crippen LogP contribution in [0.4, 0.5) is 24.8 Å². The van der Waals surface area contributed by atoms with E-state index in [1.807, 2.05) is 0 Å². The molecule has 1 fully saturated rings. The Balaban J connectivity index is 0.000000363. The quantitative estimate of drug-likeness (QED) is 0.373. The number of hydrogen-bond donors (Lipinski definition) is 2. The molecular formula is C25H30F3N3O4. The summed E-state index contributed by atoms with van der Waals surface area (Å²) in [5.41, 5.74) is 2.48. The van der Waals surface area contributed by atoms with E-state index >= 15 is 0 Å². The molecule has 0 atom stereocenters. The number of esters is 1. The van der Waals surface area contributed by atoms with E-state index in [-0.39, 0.29) is 11.3 Å². The second kappa shape index (κ2) is 10.9. The number of halogens is 3. The van der Waals surface area contributed by atoms with E-state index in [2.05, 4.69) is 33.9 Å². The number of fused-ring (bicyclic) bond motifs is 1. The summed E-state index contributed by atoms with van der Waals surface area (Å²) in [7, 11) is 2.68. The van der Waals surface area contributed by atoms with Gasteiger partial charge in [-0.05, 0) is 48.6 Å². The van der Waals surface area contributed by atoms with E-state index in [0.717, 1.165) is 0 Å². The largest absolute Gasteiger partial charge is 0.573 e. The number of methoxy groups -OCH3 is 2. The molecule has 1 heterocycles. The molecule has 1 saturated carbocycles. The van der Waals surface area contributed by atoms with Crippen LogP contribution in [0.2, 0.25) is 0 Å². The summed E-state index contributed by atoms with van der Waals surface area (Å²) in [4.78, 5) is 19.1. The second-order valence-corrected chi connectivity index (χ2v) is 9.07. The lowest BCUT2D eigenvalue weighted by Crippen LogP contribution is -2.16. The second-order valence-electron chi connectivity index (χ2n) is 9.07. The zero-order chi connectivity index (χ0) is 25.6. The molecule has 7 nitrogen and oxygen atoms in total. The molecule has 35 heavy (non-hydrogen) atoms. The topological polar surface area (TPSA) is 85.5 Å². The molecule has 4 rings (SSSR count). The van der Waals surface area contributed by atoms with Gasteiger partial charge in [-0.3, -0.25) is 0 Å². The fourth-order valence-electron chi connectivity index (χ4n) is 3.92. The van der Waals surface area contributed by atoms with Gasteiger partial charge >= 0.3 is 12.3 Å². The molecule has 2 aromatic carbocycles. The van der Waals surface area contributed by atoms with Crippen LogP contribution in [0.1, 0.15) is 56.3 Å². The molecule has 1 aliphatic rings. The zero-order valence-corrected chi connectivity index (χ0v) is 20.2. The third-order valence-electron chi connectivity index (χ3n) is 5.77. The minimum atomic E-state index is -4.75. The summed E-state index contributed by atoms with van der Waals surface area (Å²) in [5.74, 6) is -0.247. The number of aromatic amines is 1. The summed E-state index contributed by atoms with van der Waals surface area (Å²) in [5, 5.41) is 2.92. The molecule has 0 radical (unpaired) electrons. The van der Waals surface area contributed by atoms with Gasteiger partial charge in [0.2, 0.25) is 5.95 Å². The molecule has 0 amide bonds. The van der Waals surface area contributed by atoms with E-state index in [4.69, 9.17) is 9.47 Å². The Labute approximate surface area is 202 Å². The summed E-state index contributed by atoms with van der Waals surface area (Å²) in [6.07, 6.45) is 2.56. The molecule has 2 N–H and O–H groups in total. The van der Waals surface area contributed by atoms with Gasteiger partial charge in [-0.1, -0.05) is 33.1 Å². The Morgan fingerprint density at radius 2 is 1.71 bits per heavy atom. The van der Waals surface area contributed by atoms with Gasteiger partial charge in [0.05, 0.1) is 25.3 Å². The van der Waals surface area contributed by atoms with Gasteiger partial charge in [-0.2, -0.15) is 0 Å². The van der Waals surface area contributed by atoms with E-state index < -0.39 is 12.3 Å². The Hall–Kier alpha value is -3.43. The first-order valence-electron chi connectivity index (χ1n) is 11.3. The van der Waals surface area contributed by atoms with Gasteiger partial charge in [0.15, 0.2) is 0 Å². The maximum absolute atomic E-state index is 12.2. The van der Waals surface area contributed by atoms with Gasteiger partial charge in [0, 0.05) is 11.8 Å². The number of nitrogens with zero attached hydrogens (tertiary/aromatic N) is 1. The Kier molecular flexibility index (Phi) is 8.14. The molecule has 190 valence electrons. The summed E-state index contributed by atoms with van der Waals surface area (Å²) in [6.45, 7) is 4.76. The number of rotatable bonds is 5. The maximum atomic E-state index is 12.2. The summed E-state index contributed by atoms with van der Waals surface area (Å²) < 4.78 is 50.3. The Bertz CT molecular complexity index is 1130. The number of carbonyl (C=O) groups excluding carboxylic acids is 1. The average Bonchev–Trinajstić information content (AvgIpc) is 3.19. The number of benzene rings is 2. The molecule has 0 unspecified atom stereocenters. The van der Waals surface area contributed by atoms with Crippen molar-refractivity contribution < 1.29 is 32.2 Å². The van der Waals surface area contributed by atoms with Gasteiger partial charge in [0.25, 0.3) is 0 Å².